The van der Waals surface area contributed by atoms with E-state index in [1.54, 1.807) is 0 Å². The number of halogens is 1. The Kier molecular flexibility index (Phi) is 4.62. The molecular formula is C13H21IN2. The normalized spacial score (nSPS) is 19.1. The second kappa shape index (κ2) is 5.36. The van der Waals surface area contributed by atoms with Crippen LogP contribution < -0.4 is 28.9 Å². The summed E-state index contributed by atoms with van der Waals surface area (Å²) in [5.74, 6) is 0. The zero-order valence-electron chi connectivity index (χ0n) is 10.4. The molecule has 0 saturated carbocycles. The molecule has 16 heavy (non-hydrogen) atoms. The van der Waals surface area contributed by atoms with Crippen LogP contribution >= 0.6 is 0 Å². The second-order valence-corrected chi connectivity index (χ2v) is 5.21. The number of anilines is 1. The third-order valence-electron chi connectivity index (χ3n) is 3.35. The lowest BCUT2D eigenvalue weighted by molar-refractivity contribution is -0.890. The minimum absolute atomic E-state index is 0. The Labute approximate surface area is 116 Å². The van der Waals surface area contributed by atoms with E-state index in [1.807, 2.05) is 0 Å². The molecule has 0 N–H and O–H groups in total. The van der Waals surface area contributed by atoms with E-state index in [1.165, 1.54) is 37.4 Å². The fourth-order valence-electron chi connectivity index (χ4n) is 2.02. The van der Waals surface area contributed by atoms with Crippen LogP contribution in [0.1, 0.15) is 5.56 Å². The number of likely N-dealkylation sites (N-methyl/N-ethyl adjacent to an activating group) is 1. The number of aryl methyl sites for hydroxylation is 1. The van der Waals surface area contributed by atoms with Crippen molar-refractivity contribution in [3.05, 3.63) is 29.8 Å². The van der Waals surface area contributed by atoms with Crippen molar-refractivity contribution in [2.24, 2.45) is 0 Å². The maximum atomic E-state index is 2.49. The molecule has 0 atom stereocenters. The Hall–Kier alpha value is -0.290. The SMILES string of the molecule is Cc1ccc(N2CC[N+](C)(C)CC2)cc1.[I-]. The predicted octanol–water partition coefficient (Wildman–Crippen LogP) is -1.10. The number of piperazine rings is 1. The zero-order valence-corrected chi connectivity index (χ0v) is 12.6. The van der Waals surface area contributed by atoms with E-state index in [2.05, 4.69) is 50.2 Å². The molecule has 90 valence electrons. The van der Waals surface area contributed by atoms with E-state index in [9.17, 15) is 0 Å². The molecule has 2 nitrogen and oxygen atoms in total. The number of nitrogens with zero attached hydrogens (tertiary/aromatic N) is 2. The van der Waals surface area contributed by atoms with E-state index >= 15 is 0 Å². The molecule has 1 aliphatic rings. The van der Waals surface area contributed by atoms with E-state index in [0.717, 1.165) is 4.48 Å². The lowest BCUT2D eigenvalue weighted by atomic mass is 10.2. The van der Waals surface area contributed by atoms with Crippen molar-refractivity contribution in [3.63, 3.8) is 0 Å². The van der Waals surface area contributed by atoms with Crippen LogP contribution in [0, 0.1) is 6.92 Å². The third kappa shape index (κ3) is 3.35. The molecule has 0 amide bonds. The van der Waals surface area contributed by atoms with Crippen molar-refractivity contribution in [1.82, 2.24) is 0 Å². The van der Waals surface area contributed by atoms with Gasteiger partial charge in [0.05, 0.1) is 40.3 Å². The van der Waals surface area contributed by atoms with E-state index in [0.29, 0.717) is 0 Å². The monoisotopic (exact) mass is 332 g/mol. The van der Waals surface area contributed by atoms with Gasteiger partial charge in [-0.15, -0.1) is 0 Å². The molecule has 0 aromatic heterocycles. The van der Waals surface area contributed by atoms with Gasteiger partial charge in [-0.3, -0.25) is 0 Å². The average Bonchev–Trinajstić information content (AvgIpc) is 2.20. The first-order chi connectivity index (χ1) is 7.07. The average molecular weight is 332 g/mol. The summed E-state index contributed by atoms with van der Waals surface area (Å²) in [5.41, 5.74) is 2.71. The Morgan fingerprint density at radius 1 is 1.00 bits per heavy atom. The van der Waals surface area contributed by atoms with Gasteiger partial charge in [0.25, 0.3) is 0 Å². The van der Waals surface area contributed by atoms with Crippen LogP contribution in [-0.2, 0) is 0 Å². The highest BCUT2D eigenvalue weighted by Gasteiger charge is 2.23. The fraction of sp³-hybridized carbons (Fsp3) is 0.538. The van der Waals surface area contributed by atoms with E-state index in [4.69, 9.17) is 0 Å². The summed E-state index contributed by atoms with van der Waals surface area (Å²) in [6, 6.07) is 8.87. The van der Waals surface area contributed by atoms with E-state index < -0.39 is 0 Å². The van der Waals surface area contributed by atoms with Gasteiger partial charge in [-0.1, -0.05) is 17.7 Å². The molecular weight excluding hydrogens is 311 g/mol. The van der Waals surface area contributed by atoms with Crippen molar-refractivity contribution in [3.8, 4) is 0 Å². The van der Waals surface area contributed by atoms with Crippen LogP contribution in [-0.4, -0.2) is 44.8 Å². The van der Waals surface area contributed by atoms with Gasteiger partial charge in [0, 0.05) is 5.69 Å². The minimum atomic E-state index is 0. The highest BCUT2D eigenvalue weighted by Crippen LogP contribution is 2.18. The van der Waals surface area contributed by atoms with Gasteiger partial charge in [-0.05, 0) is 19.1 Å². The molecule has 0 unspecified atom stereocenters. The molecule has 1 aromatic rings. The van der Waals surface area contributed by atoms with Crippen LogP contribution in [0.4, 0.5) is 5.69 Å². The minimum Gasteiger partial charge on any atom is -1.00 e. The molecule has 3 heteroatoms. The first kappa shape index (κ1) is 13.8. The summed E-state index contributed by atoms with van der Waals surface area (Å²) in [5, 5.41) is 0. The summed E-state index contributed by atoms with van der Waals surface area (Å²) in [6.07, 6.45) is 0. The molecule has 0 aliphatic carbocycles. The Bertz CT molecular complexity index is 322. The molecule has 1 heterocycles. The molecule has 0 spiro atoms. The van der Waals surface area contributed by atoms with Crippen molar-refractivity contribution in [1.29, 1.82) is 0 Å². The van der Waals surface area contributed by atoms with Gasteiger partial charge < -0.3 is 33.4 Å². The molecule has 0 bridgehead atoms. The maximum absolute atomic E-state index is 2.49. The first-order valence-corrected chi connectivity index (χ1v) is 5.70. The summed E-state index contributed by atoms with van der Waals surface area (Å²) >= 11 is 0. The number of rotatable bonds is 1. The standard InChI is InChI=1S/C13H21N2.HI/c1-12-4-6-13(7-5-12)14-8-10-15(2,3)11-9-14;/h4-7H,8-11H2,1-3H3;1H/q+1;/p-1. The summed E-state index contributed by atoms with van der Waals surface area (Å²) in [6.45, 7) is 6.98. The lowest BCUT2D eigenvalue weighted by Gasteiger charge is -2.40. The largest absolute Gasteiger partial charge is 1.00 e. The number of quaternary nitrogens is 1. The molecule has 1 fully saturated rings. The van der Waals surface area contributed by atoms with Gasteiger partial charge >= 0.3 is 0 Å². The first-order valence-electron chi connectivity index (χ1n) is 5.70. The highest BCUT2D eigenvalue weighted by molar-refractivity contribution is 5.47. The number of hydrogen-bond acceptors (Lipinski definition) is 1. The Morgan fingerprint density at radius 2 is 1.50 bits per heavy atom. The summed E-state index contributed by atoms with van der Waals surface area (Å²) < 4.78 is 1.16. The smallest absolute Gasteiger partial charge is 0.0961 e. The van der Waals surface area contributed by atoms with Gasteiger partial charge in [0.15, 0.2) is 0 Å². The van der Waals surface area contributed by atoms with Gasteiger partial charge in [0.1, 0.15) is 0 Å². The molecule has 1 aliphatic heterocycles. The van der Waals surface area contributed by atoms with Crippen molar-refractivity contribution in [2.45, 2.75) is 6.92 Å². The van der Waals surface area contributed by atoms with Gasteiger partial charge in [-0.25, -0.2) is 0 Å². The van der Waals surface area contributed by atoms with Gasteiger partial charge in [0.2, 0.25) is 0 Å². The maximum Gasteiger partial charge on any atom is 0.0961 e. The topological polar surface area (TPSA) is 3.24 Å². The van der Waals surface area contributed by atoms with Crippen molar-refractivity contribution >= 4 is 5.69 Å². The van der Waals surface area contributed by atoms with E-state index in [-0.39, 0.29) is 24.0 Å². The number of benzene rings is 1. The van der Waals surface area contributed by atoms with Gasteiger partial charge in [-0.2, -0.15) is 0 Å². The Morgan fingerprint density at radius 3 is 2.00 bits per heavy atom. The number of hydrogen-bond donors (Lipinski definition) is 0. The lowest BCUT2D eigenvalue weighted by Crippen LogP contribution is -3.00. The summed E-state index contributed by atoms with van der Waals surface area (Å²) in [7, 11) is 4.62. The summed E-state index contributed by atoms with van der Waals surface area (Å²) in [4.78, 5) is 2.49. The predicted molar refractivity (Wildman–Crippen MR) is 65.2 cm³/mol. The molecule has 2 rings (SSSR count). The van der Waals surface area contributed by atoms with Crippen LogP contribution in [0.25, 0.3) is 0 Å². The Balaban J connectivity index is 0.00000128. The van der Waals surface area contributed by atoms with Crippen molar-refractivity contribution < 1.29 is 28.5 Å². The van der Waals surface area contributed by atoms with Crippen LogP contribution in [0.5, 0.6) is 0 Å². The second-order valence-electron chi connectivity index (χ2n) is 5.21. The van der Waals surface area contributed by atoms with Crippen molar-refractivity contribution in [2.75, 3.05) is 45.2 Å². The van der Waals surface area contributed by atoms with Crippen LogP contribution in [0.15, 0.2) is 24.3 Å². The van der Waals surface area contributed by atoms with Crippen LogP contribution in [0.3, 0.4) is 0 Å². The molecule has 0 radical (unpaired) electrons. The highest BCUT2D eigenvalue weighted by atomic mass is 127. The third-order valence-corrected chi connectivity index (χ3v) is 3.35. The fourth-order valence-corrected chi connectivity index (χ4v) is 2.02. The zero-order chi connectivity index (χ0) is 10.9. The quantitative estimate of drug-likeness (QED) is 0.466. The molecule has 1 aromatic carbocycles. The van der Waals surface area contributed by atoms with Crippen LogP contribution in [0.2, 0.25) is 0 Å². The molecule has 1 saturated heterocycles.